The zero-order chi connectivity index (χ0) is 15.3. The number of anilines is 1. The summed E-state index contributed by atoms with van der Waals surface area (Å²) in [4.78, 5) is 25.5. The van der Waals surface area contributed by atoms with E-state index in [9.17, 15) is 9.59 Å². The molecule has 0 aromatic heterocycles. The van der Waals surface area contributed by atoms with Crippen LogP contribution in [0.4, 0.5) is 5.69 Å². The zero-order valence-electron chi connectivity index (χ0n) is 13.4. The molecule has 1 aromatic rings. The molecule has 0 aliphatic heterocycles. The van der Waals surface area contributed by atoms with Gasteiger partial charge < -0.3 is 14.9 Å². The maximum absolute atomic E-state index is 12.3. The Morgan fingerprint density at radius 2 is 1.68 bits per heavy atom. The molecule has 0 heterocycles. The standard InChI is InChI=1S/C15H21NO4.Cu.H2O/c1-10-7-6-8-11(2)14(10)16(13(17)9-19-4)12(3)15(18)20-5;;/h6-8,12H,9H2,1-5H3;;1H2. The Bertz CT molecular complexity index is 486. The van der Waals surface area contributed by atoms with Crippen molar-refractivity contribution in [2.45, 2.75) is 26.8 Å². The predicted octanol–water partition coefficient (Wildman–Crippen LogP) is 1.02. The molecule has 0 bridgehead atoms. The molecule has 129 valence electrons. The number of hydrogen-bond donors (Lipinski definition) is 0. The SMILES string of the molecule is COCC(=O)N(c1c(C)cccc1C)C(C)C(=O)OC.O.[Cu]. The number of nitrogens with zero attached hydrogens (tertiary/aromatic N) is 1. The van der Waals surface area contributed by atoms with E-state index in [0.29, 0.717) is 0 Å². The van der Waals surface area contributed by atoms with Gasteiger partial charge in [-0.3, -0.25) is 9.69 Å². The van der Waals surface area contributed by atoms with Gasteiger partial charge in [0.2, 0.25) is 0 Å². The summed E-state index contributed by atoms with van der Waals surface area (Å²) < 4.78 is 9.65. The molecule has 1 atom stereocenters. The quantitative estimate of drug-likeness (QED) is 0.579. The van der Waals surface area contributed by atoms with Gasteiger partial charge in [-0.1, -0.05) is 18.2 Å². The van der Waals surface area contributed by atoms with Crippen LogP contribution in [0.25, 0.3) is 0 Å². The van der Waals surface area contributed by atoms with Gasteiger partial charge in [0.15, 0.2) is 0 Å². The molecule has 0 fully saturated rings. The van der Waals surface area contributed by atoms with E-state index in [1.807, 2.05) is 32.0 Å². The molecular weight excluding hydrogens is 338 g/mol. The number of hydrogen-bond acceptors (Lipinski definition) is 4. The summed E-state index contributed by atoms with van der Waals surface area (Å²) in [6.45, 7) is 5.36. The molecule has 0 aliphatic carbocycles. The summed E-state index contributed by atoms with van der Waals surface area (Å²) in [5.74, 6) is -0.736. The Kier molecular flexibility index (Phi) is 10.8. The number of para-hydroxylation sites is 1. The molecule has 1 unspecified atom stereocenters. The van der Waals surface area contributed by atoms with E-state index < -0.39 is 12.0 Å². The zero-order valence-corrected chi connectivity index (χ0v) is 14.3. The molecular formula is C15H23CuNO5. The Morgan fingerprint density at radius 3 is 2.09 bits per heavy atom. The van der Waals surface area contributed by atoms with Gasteiger partial charge in [0.05, 0.1) is 12.8 Å². The van der Waals surface area contributed by atoms with Crippen molar-refractivity contribution in [3.63, 3.8) is 0 Å². The molecule has 0 spiro atoms. The molecule has 7 heteroatoms. The van der Waals surface area contributed by atoms with Crippen LogP contribution in [0.2, 0.25) is 0 Å². The number of aryl methyl sites for hydroxylation is 2. The van der Waals surface area contributed by atoms with Crippen molar-refractivity contribution in [2.24, 2.45) is 0 Å². The molecule has 1 rings (SSSR count). The van der Waals surface area contributed by atoms with E-state index in [4.69, 9.17) is 9.47 Å². The number of amides is 1. The first-order valence-corrected chi connectivity index (χ1v) is 6.39. The molecule has 6 nitrogen and oxygen atoms in total. The third kappa shape index (κ3) is 5.10. The average molecular weight is 361 g/mol. The van der Waals surface area contributed by atoms with E-state index in [0.717, 1.165) is 16.8 Å². The van der Waals surface area contributed by atoms with Crippen LogP contribution < -0.4 is 4.90 Å². The average Bonchev–Trinajstić information content (AvgIpc) is 2.41. The molecule has 0 saturated carbocycles. The van der Waals surface area contributed by atoms with Gasteiger partial charge in [0, 0.05) is 24.2 Å². The topological polar surface area (TPSA) is 87.3 Å². The van der Waals surface area contributed by atoms with Crippen LogP contribution >= 0.6 is 0 Å². The van der Waals surface area contributed by atoms with Gasteiger partial charge in [-0.15, -0.1) is 0 Å². The maximum Gasteiger partial charge on any atom is 0.328 e. The molecule has 0 saturated heterocycles. The van der Waals surface area contributed by atoms with Crippen molar-refractivity contribution in [2.75, 3.05) is 25.7 Å². The first-order chi connectivity index (χ1) is 9.43. The second kappa shape index (κ2) is 10.3. The largest absolute Gasteiger partial charge is 0.467 e. The van der Waals surface area contributed by atoms with Crippen LogP contribution in [0.3, 0.4) is 0 Å². The number of methoxy groups -OCH3 is 2. The van der Waals surface area contributed by atoms with Gasteiger partial charge in [0.25, 0.3) is 5.91 Å². The fourth-order valence-corrected chi connectivity index (χ4v) is 2.19. The number of carbonyl (C=O) groups is 2. The predicted molar refractivity (Wildman–Crippen MR) is 80.4 cm³/mol. The van der Waals surface area contributed by atoms with Gasteiger partial charge in [0.1, 0.15) is 12.6 Å². The fourth-order valence-electron chi connectivity index (χ4n) is 2.19. The third-order valence-corrected chi connectivity index (χ3v) is 3.15. The normalized spacial score (nSPS) is 10.8. The fraction of sp³-hybridized carbons (Fsp3) is 0.467. The Hall–Kier alpha value is -1.40. The van der Waals surface area contributed by atoms with Crippen molar-refractivity contribution < 1.29 is 41.6 Å². The van der Waals surface area contributed by atoms with E-state index in [2.05, 4.69) is 0 Å². The van der Waals surface area contributed by atoms with Gasteiger partial charge in [-0.2, -0.15) is 0 Å². The minimum atomic E-state index is -0.706. The van der Waals surface area contributed by atoms with E-state index in [-0.39, 0.29) is 35.1 Å². The molecule has 1 aromatic carbocycles. The van der Waals surface area contributed by atoms with E-state index >= 15 is 0 Å². The van der Waals surface area contributed by atoms with Crippen molar-refractivity contribution in [1.29, 1.82) is 0 Å². The van der Waals surface area contributed by atoms with E-state index in [1.165, 1.54) is 19.1 Å². The monoisotopic (exact) mass is 360 g/mol. The third-order valence-electron chi connectivity index (χ3n) is 3.15. The smallest absolute Gasteiger partial charge is 0.328 e. The minimum absolute atomic E-state index is 0. The number of rotatable bonds is 5. The molecule has 2 N–H and O–H groups in total. The van der Waals surface area contributed by atoms with Gasteiger partial charge >= 0.3 is 5.97 Å². The maximum atomic E-state index is 12.3. The van der Waals surface area contributed by atoms with Crippen LogP contribution in [0.1, 0.15) is 18.1 Å². The molecule has 1 radical (unpaired) electrons. The summed E-state index contributed by atoms with van der Waals surface area (Å²) in [5, 5.41) is 0. The van der Waals surface area contributed by atoms with Crippen LogP contribution in [-0.4, -0.2) is 44.2 Å². The van der Waals surface area contributed by atoms with E-state index in [1.54, 1.807) is 6.92 Å². The second-order valence-corrected chi connectivity index (χ2v) is 4.64. The molecule has 0 aliphatic rings. The first kappa shape index (κ1) is 22.9. The summed E-state index contributed by atoms with van der Waals surface area (Å²) in [5.41, 5.74) is 2.57. The van der Waals surface area contributed by atoms with Gasteiger partial charge in [-0.25, -0.2) is 4.79 Å². The van der Waals surface area contributed by atoms with Crippen LogP contribution in [0.15, 0.2) is 18.2 Å². The molecule has 1 amide bonds. The Morgan fingerprint density at radius 1 is 1.18 bits per heavy atom. The summed E-state index contributed by atoms with van der Waals surface area (Å²) in [6.07, 6.45) is 0. The van der Waals surface area contributed by atoms with Crippen molar-refractivity contribution in [1.82, 2.24) is 0 Å². The summed E-state index contributed by atoms with van der Waals surface area (Å²) in [7, 11) is 2.76. The van der Waals surface area contributed by atoms with Crippen molar-refractivity contribution >= 4 is 17.6 Å². The number of carbonyl (C=O) groups excluding carboxylic acids is 2. The van der Waals surface area contributed by atoms with Gasteiger partial charge in [-0.05, 0) is 31.9 Å². The molecule has 22 heavy (non-hydrogen) atoms. The number of ether oxygens (including phenoxy) is 2. The second-order valence-electron chi connectivity index (χ2n) is 4.64. The van der Waals surface area contributed by atoms with Crippen LogP contribution in [0, 0.1) is 13.8 Å². The number of benzene rings is 1. The van der Waals surface area contributed by atoms with Crippen LogP contribution in [0.5, 0.6) is 0 Å². The number of esters is 1. The summed E-state index contributed by atoms with van der Waals surface area (Å²) >= 11 is 0. The first-order valence-electron chi connectivity index (χ1n) is 6.39. The van der Waals surface area contributed by atoms with Crippen molar-refractivity contribution in [3.8, 4) is 0 Å². The Labute approximate surface area is 141 Å². The summed E-state index contributed by atoms with van der Waals surface area (Å²) in [6, 6.07) is 5.01. The van der Waals surface area contributed by atoms with Crippen molar-refractivity contribution in [3.05, 3.63) is 29.3 Å². The van der Waals surface area contributed by atoms with Crippen LogP contribution in [-0.2, 0) is 36.1 Å². The Balaban J connectivity index is 0. The minimum Gasteiger partial charge on any atom is -0.467 e.